The van der Waals surface area contributed by atoms with Crippen molar-refractivity contribution in [1.82, 2.24) is 25.0 Å². The van der Waals surface area contributed by atoms with Crippen molar-refractivity contribution in [3.05, 3.63) is 71.4 Å². The Bertz CT molecular complexity index is 1680. The molecule has 230 valence electrons. The van der Waals surface area contributed by atoms with Gasteiger partial charge in [0.1, 0.15) is 18.3 Å². The van der Waals surface area contributed by atoms with Crippen molar-refractivity contribution in [2.75, 3.05) is 13.6 Å². The lowest BCUT2D eigenvalue weighted by molar-refractivity contribution is -0.319. The monoisotopic (exact) mass is 599 g/mol. The molecule has 4 aliphatic heterocycles. The molecule has 3 amide bonds. The number of benzene rings is 2. The van der Waals surface area contributed by atoms with Crippen LogP contribution in [-0.2, 0) is 32.0 Å². The average Bonchev–Trinajstić information content (AvgIpc) is 3.66. The van der Waals surface area contributed by atoms with E-state index in [9.17, 15) is 24.6 Å². The van der Waals surface area contributed by atoms with Gasteiger partial charge in [-0.3, -0.25) is 24.0 Å². The number of nitrogens with zero attached hydrogens (tertiary/aromatic N) is 3. The van der Waals surface area contributed by atoms with Gasteiger partial charge < -0.3 is 30.3 Å². The van der Waals surface area contributed by atoms with Gasteiger partial charge in [-0.15, -0.1) is 0 Å². The first kappa shape index (κ1) is 27.8. The van der Waals surface area contributed by atoms with E-state index in [1.54, 1.807) is 0 Å². The standard InChI is InChI=1S/C33H37N5O6/c1-32(35-29(40)20-14-22-21-9-6-10-23-28(21)19(16-34-23)15-24(22)36(2)17-20)31(42)38-25(13-18-7-4-3-5-8-18)30(41)37-26(11-12-27(37)39)33(38,43)44-32/h3-10,16,20,22,24-27,34,39,43H,11-15,17H2,1-2H3,(H,35,40)/t20-,22-,24-,25+,26+,27?,32-,33+/m1/s1. The molecule has 11 heteroatoms. The number of rotatable bonds is 4. The number of nitrogens with one attached hydrogen (secondary N) is 2. The van der Waals surface area contributed by atoms with E-state index in [-0.39, 0.29) is 37.1 Å². The molecule has 4 N–H and O–H groups in total. The maximum absolute atomic E-state index is 14.2. The Morgan fingerprint density at radius 2 is 1.93 bits per heavy atom. The van der Waals surface area contributed by atoms with Crippen LogP contribution in [0.5, 0.6) is 0 Å². The minimum Gasteiger partial charge on any atom is -0.374 e. The molecule has 3 aromatic rings. The Morgan fingerprint density at radius 3 is 2.73 bits per heavy atom. The summed E-state index contributed by atoms with van der Waals surface area (Å²) in [5, 5.41) is 26.9. The first-order valence-electron chi connectivity index (χ1n) is 15.5. The number of fused-ring (bicyclic) bond motifs is 5. The molecule has 1 aromatic heterocycles. The number of amides is 3. The summed E-state index contributed by atoms with van der Waals surface area (Å²) in [6.07, 6.45) is 3.12. The predicted molar refractivity (Wildman–Crippen MR) is 159 cm³/mol. The van der Waals surface area contributed by atoms with E-state index in [1.807, 2.05) is 43.4 Å². The van der Waals surface area contributed by atoms with Gasteiger partial charge in [-0.05, 0) is 62.4 Å². The number of hydrogen-bond acceptors (Lipinski definition) is 7. The van der Waals surface area contributed by atoms with E-state index < -0.39 is 47.7 Å². The lowest BCUT2D eigenvalue weighted by atomic mass is 9.72. The molecule has 5 aliphatic rings. The number of piperidine rings is 1. The van der Waals surface area contributed by atoms with Crippen LogP contribution in [0.1, 0.15) is 48.8 Å². The minimum atomic E-state index is -2.21. The van der Waals surface area contributed by atoms with Gasteiger partial charge in [-0.2, -0.15) is 0 Å². The van der Waals surface area contributed by atoms with Crippen molar-refractivity contribution >= 4 is 28.6 Å². The van der Waals surface area contributed by atoms with E-state index in [1.165, 1.54) is 28.3 Å². The van der Waals surface area contributed by atoms with E-state index in [0.717, 1.165) is 22.4 Å². The summed E-state index contributed by atoms with van der Waals surface area (Å²) in [6, 6.07) is 13.7. The van der Waals surface area contributed by atoms with Crippen molar-refractivity contribution in [2.24, 2.45) is 5.92 Å². The van der Waals surface area contributed by atoms with Gasteiger partial charge in [-0.1, -0.05) is 42.5 Å². The van der Waals surface area contributed by atoms with Gasteiger partial charge in [0.25, 0.3) is 11.8 Å². The second-order valence-electron chi connectivity index (χ2n) is 13.3. The maximum atomic E-state index is 14.2. The molecule has 0 bridgehead atoms. The van der Waals surface area contributed by atoms with Crippen LogP contribution in [0.4, 0.5) is 0 Å². The summed E-state index contributed by atoms with van der Waals surface area (Å²) in [6.45, 7) is 1.96. The van der Waals surface area contributed by atoms with Gasteiger partial charge in [0.2, 0.25) is 17.5 Å². The number of aliphatic hydroxyl groups is 2. The highest BCUT2D eigenvalue weighted by molar-refractivity contribution is 5.97. The Hall–Kier alpha value is -3.77. The van der Waals surface area contributed by atoms with Gasteiger partial charge in [0, 0.05) is 42.0 Å². The number of ether oxygens (including phenoxy) is 1. The lowest BCUT2D eigenvalue weighted by Gasteiger charge is -2.49. The SMILES string of the molecule is CN1C[C@H](C(=O)N[C@]2(C)O[C@@]3(O)[C@@H]4CCC(O)N4C(=O)[C@H](Cc4ccccc4)N3C2=O)C[C@@H]2c3cccc4[nH]cc(c34)C[C@H]21. The number of hydrogen-bond donors (Lipinski definition) is 4. The Labute approximate surface area is 254 Å². The summed E-state index contributed by atoms with van der Waals surface area (Å²) in [5.74, 6) is -3.95. The number of H-pyrrole nitrogens is 1. The third-order valence-corrected chi connectivity index (χ3v) is 10.7. The normalized spacial score (nSPS) is 36.4. The Morgan fingerprint density at radius 1 is 1.14 bits per heavy atom. The molecule has 5 heterocycles. The first-order valence-corrected chi connectivity index (χ1v) is 15.5. The van der Waals surface area contributed by atoms with Crippen molar-refractivity contribution in [1.29, 1.82) is 0 Å². The number of likely N-dealkylation sites (N-methyl/N-ethyl adjacent to an activating group) is 1. The second kappa shape index (κ2) is 9.61. The zero-order chi connectivity index (χ0) is 30.5. The van der Waals surface area contributed by atoms with Crippen molar-refractivity contribution in [2.45, 2.75) is 80.9 Å². The molecular formula is C33H37N5O6. The number of piperazine rings is 1. The fraction of sp³-hybridized carbons (Fsp3) is 0.485. The minimum absolute atomic E-state index is 0.125. The molecule has 1 aliphatic carbocycles. The van der Waals surface area contributed by atoms with Crippen LogP contribution in [0.2, 0.25) is 0 Å². The zero-order valence-corrected chi connectivity index (χ0v) is 24.8. The fourth-order valence-electron chi connectivity index (χ4n) is 8.67. The summed E-state index contributed by atoms with van der Waals surface area (Å²) in [7, 11) is 2.04. The highest BCUT2D eigenvalue weighted by Crippen LogP contribution is 2.48. The zero-order valence-electron chi connectivity index (χ0n) is 24.8. The highest BCUT2D eigenvalue weighted by atomic mass is 16.7. The van der Waals surface area contributed by atoms with E-state index in [2.05, 4.69) is 33.5 Å². The number of carbonyl (C=O) groups excluding carboxylic acids is 3. The maximum Gasteiger partial charge on any atom is 0.280 e. The molecule has 1 unspecified atom stereocenters. The van der Waals surface area contributed by atoms with E-state index in [0.29, 0.717) is 13.0 Å². The summed E-state index contributed by atoms with van der Waals surface area (Å²) in [4.78, 5) is 49.9. The van der Waals surface area contributed by atoms with Crippen molar-refractivity contribution < 1.29 is 29.3 Å². The van der Waals surface area contributed by atoms with Crippen LogP contribution >= 0.6 is 0 Å². The van der Waals surface area contributed by atoms with Gasteiger partial charge in [0.15, 0.2) is 0 Å². The van der Waals surface area contributed by atoms with Gasteiger partial charge in [-0.25, -0.2) is 0 Å². The molecule has 8 rings (SSSR count). The number of aromatic amines is 1. The molecule has 4 fully saturated rings. The predicted octanol–water partition coefficient (Wildman–Crippen LogP) is 1.40. The van der Waals surface area contributed by atoms with E-state index in [4.69, 9.17) is 4.74 Å². The third-order valence-electron chi connectivity index (χ3n) is 10.7. The Kier molecular flexibility index (Phi) is 6.06. The van der Waals surface area contributed by atoms with Gasteiger partial charge in [0.05, 0.1) is 5.92 Å². The second-order valence-corrected chi connectivity index (χ2v) is 13.3. The van der Waals surface area contributed by atoms with Gasteiger partial charge >= 0.3 is 0 Å². The Balaban J connectivity index is 1.08. The van der Waals surface area contributed by atoms with E-state index >= 15 is 0 Å². The average molecular weight is 600 g/mol. The van der Waals surface area contributed by atoms with Crippen LogP contribution in [0, 0.1) is 5.92 Å². The molecular weight excluding hydrogens is 562 g/mol. The summed E-state index contributed by atoms with van der Waals surface area (Å²) in [5.41, 5.74) is 2.50. The first-order chi connectivity index (χ1) is 21.1. The molecule has 2 aromatic carbocycles. The number of carbonyl (C=O) groups is 3. The van der Waals surface area contributed by atoms with Crippen molar-refractivity contribution in [3.8, 4) is 0 Å². The molecule has 0 radical (unpaired) electrons. The van der Waals surface area contributed by atoms with Crippen LogP contribution in [0.25, 0.3) is 10.9 Å². The summed E-state index contributed by atoms with van der Waals surface area (Å²) < 4.78 is 6.19. The van der Waals surface area contributed by atoms with Crippen LogP contribution in [-0.4, -0.2) is 97.2 Å². The molecule has 44 heavy (non-hydrogen) atoms. The lowest BCUT2D eigenvalue weighted by Crippen LogP contribution is -2.72. The van der Waals surface area contributed by atoms with Crippen LogP contribution in [0.3, 0.4) is 0 Å². The third kappa shape index (κ3) is 3.86. The smallest absolute Gasteiger partial charge is 0.280 e. The highest BCUT2D eigenvalue weighted by Gasteiger charge is 2.71. The molecule has 11 nitrogen and oxygen atoms in total. The number of aliphatic hydroxyl groups excluding tert-OH is 1. The van der Waals surface area contributed by atoms with Crippen LogP contribution < -0.4 is 5.32 Å². The van der Waals surface area contributed by atoms with Crippen molar-refractivity contribution in [3.63, 3.8) is 0 Å². The summed E-state index contributed by atoms with van der Waals surface area (Å²) >= 11 is 0. The van der Waals surface area contributed by atoms with Crippen LogP contribution in [0.15, 0.2) is 54.7 Å². The topological polar surface area (TPSA) is 138 Å². The molecule has 0 spiro atoms. The molecule has 0 saturated carbocycles. The quantitative estimate of drug-likeness (QED) is 0.356. The fourth-order valence-corrected chi connectivity index (χ4v) is 8.67. The molecule has 8 atom stereocenters. The number of aromatic nitrogens is 1. The number of likely N-dealkylation sites (tertiary alicyclic amines) is 1. The largest absolute Gasteiger partial charge is 0.374 e. The molecule has 4 saturated heterocycles.